The molecule has 0 aliphatic carbocycles. The summed E-state index contributed by atoms with van der Waals surface area (Å²) in [6.45, 7) is 3.28. The number of aromatic nitrogens is 3. The van der Waals surface area contributed by atoms with Gasteiger partial charge in [0, 0.05) is 29.7 Å². The summed E-state index contributed by atoms with van der Waals surface area (Å²) in [5, 5.41) is 1.14. The van der Waals surface area contributed by atoms with E-state index >= 15 is 0 Å². The Kier molecular flexibility index (Phi) is 5.12. The number of likely N-dealkylation sites (tertiary alicyclic amines) is 1. The first-order valence-electron chi connectivity index (χ1n) is 10.6. The second-order valence-electron chi connectivity index (χ2n) is 8.05. The zero-order chi connectivity index (χ0) is 20.5. The van der Waals surface area contributed by atoms with E-state index in [0.717, 1.165) is 53.8 Å². The molecule has 0 bridgehead atoms. The average Bonchev–Trinajstić information content (AvgIpc) is 3.21. The number of nitrogens with zero attached hydrogens (tertiary/aromatic N) is 5. The Morgan fingerprint density at radius 2 is 2.03 bits per heavy atom. The molecule has 1 saturated heterocycles. The van der Waals surface area contributed by atoms with Crippen molar-refractivity contribution in [3.8, 4) is 11.9 Å². The molecule has 7 nitrogen and oxygen atoms in total. The van der Waals surface area contributed by atoms with Gasteiger partial charge in [0.1, 0.15) is 6.61 Å². The number of methoxy groups -OCH3 is 1. The summed E-state index contributed by atoms with van der Waals surface area (Å²) < 4.78 is 11.6. The van der Waals surface area contributed by atoms with Gasteiger partial charge in [0.05, 0.1) is 30.6 Å². The van der Waals surface area contributed by atoms with Crippen molar-refractivity contribution >= 4 is 16.6 Å². The minimum Gasteiger partial charge on any atom is -0.481 e. The van der Waals surface area contributed by atoms with Crippen molar-refractivity contribution < 1.29 is 9.47 Å². The topological polar surface area (TPSA) is 63.6 Å². The third kappa shape index (κ3) is 3.54. The van der Waals surface area contributed by atoms with E-state index in [-0.39, 0.29) is 0 Å². The van der Waals surface area contributed by atoms with E-state index in [1.807, 2.05) is 12.3 Å². The van der Waals surface area contributed by atoms with Crippen molar-refractivity contribution in [3.63, 3.8) is 0 Å². The van der Waals surface area contributed by atoms with Gasteiger partial charge >= 0.3 is 6.01 Å². The summed E-state index contributed by atoms with van der Waals surface area (Å²) >= 11 is 0. The third-order valence-corrected chi connectivity index (χ3v) is 6.23. The van der Waals surface area contributed by atoms with Crippen molar-refractivity contribution in [3.05, 3.63) is 47.8 Å². The largest absolute Gasteiger partial charge is 0.481 e. The van der Waals surface area contributed by atoms with Crippen LogP contribution in [0.5, 0.6) is 11.9 Å². The van der Waals surface area contributed by atoms with Gasteiger partial charge in [0.2, 0.25) is 5.88 Å². The zero-order valence-corrected chi connectivity index (χ0v) is 17.5. The molecule has 1 aromatic carbocycles. The maximum absolute atomic E-state index is 6.01. The lowest BCUT2D eigenvalue weighted by Crippen LogP contribution is -2.33. The van der Waals surface area contributed by atoms with Crippen LogP contribution in [0.4, 0.5) is 5.69 Å². The Balaban J connectivity index is 1.42. The van der Waals surface area contributed by atoms with Crippen LogP contribution in [0.15, 0.2) is 36.5 Å². The number of hydrogen-bond donors (Lipinski definition) is 0. The molecule has 30 heavy (non-hydrogen) atoms. The van der Waals surface area contributed by atoms with Crippen molar-refractivity contribution in [1.82, 2.24) is 19.9 Å². The minimum atomic E-state index is 0.406. The van der Waals surface area contributed by atoms with E-state index in [1.54, 1.807) is 7.11 Å². The molecule has 156 valence electrons. The average molecular weight is 406 g/mol. The van der Waals surface area contributed by atoms with Gasteiger partial charge in [-0.2, -0.15) is 9.97 Å². The molecule has 0 saturated carbocycles. The number of para-hydroxylation sites is 1. The van der Waals surface area contributed by atoms with Gasteiger partial charge in [0.15, 0.2) is 0 Å². The molecule has 0 amide bonds. The van der Waals surface area contributed by atoms with Crippen molar-refractivity contribution in [2.75, 3.05) is 38.8 Å². The van der Waals surface area contributed by atoms with Gasteiger partial charge in [-0.1, -0.05) is 18.2 Å². The van der Waals surface area contributed by atoms with Crippen LogP contribution >= 0.6 is 0 Å². The molecule has 1 atom stereocenters. The highest BCUT2D eigenvalue weighted by Crippen LogP contribution is 2.32. The quantitative estimate of drug-likeness (QED) is 0.646. The minimum absolute atomic E-state index is 0.406. The molecule has 4 heterocycles. The first kappa shape index (κ1) is 19.1. The van der Waals surface area contributed by atoms with Crippen molar-refractivity contribution in [1.29, 1.82) is 0 Å². The molecule has 2 aliphatic heterocycles. The number of fused-ring (bicyclic) bond motifs is 2. The fraction of sp³-hybridized carbons (Fsp3) is 0.435. The molecule has 2 aliphatic rings. The van der Waals surface area contributed by atoms with Crippen molar-refractivity contribution in [2.45, 2.75) is 31.8 Å². The molecular weight excluding hydrogens is 378 g/mol. The maximum atomic E-state index is 6.01. The summed E-state index contributed by atoms with van der Waals surface area (Å²) in [5.41, 5.74) is 4.19. The molecule has 5 rings (SSSR count). The molecule has 1 fully saturated rings. The zero-order valence-electron chi connectivity index (χ0n) is 17.5. The molecule has 0 spiro atoms. The van der Waals surface area contributed by atoms with E-state index in [4.69, 9.17) is 14.5 Å². The van der Waals surface area contributed by atoms with Crippen LogP contribution in [0.1, 0.15) is 24.1 Å². The van der Waals surface area contributed by atoms with Crippen LogP contribution in [0.3, 0.4) is 0 Å². The van der Waals surface area contributed by atoms with Crippen LogP contribution in [0.2, 0.25) is 0 Å². The van der Waals surface area contributed by atoms with Crippen LogP contribution in [0.25, 0.3) is 10.9 Å². The number of rotatable bonds is 5. The predicted octanol–water partition coefficient (Wildman–Crippen LogP) is 3.07. The summed E-state index contributed by atoms with van der Waals surface area (Å²) in [4.78, 5) is 18.6. The highest BCUT2D eigenvalue weighted by molar-refractivity contribution is 5.90. The summed E-state index contributed by atoms with van der Waals surface area (Å²) in [6, 6.07) is 11.2. The SMILES string of the molecule is COc1nc(OC[C@@H]2CCCN2C)nc2c1CCN(c1cccc3cccnc13)C2. The summed E-state index contributed by atoms with van der Waals surface area (Å²) in [5.74, 6) is 0.630. The Bertz CT molecular complexity index is 1050. The highest BCUT2D eigenvalue weighted by Gasteiger charge is 2.26. The molecule has 7 heteroatoms. The molecule has 0 unspecified atom stereocenters. The first-order valence-corrected chi connectivity index (χ1v) is 10.6. The van der Waals surface area contributed by atoms with Crippen LogP contribution < -0.4 is 14.4 Å². The van der Waals surface area contributed by atoms with Gasteiger partial charge < -0.3 is 19.3 Å². The first-order chi connectivity index (χ1) is 14.7. The van der Waals surface area contributed by atoms with Gasteiger partial charge in [-0.05, 0) is 45.0 Å². The molecule has 0 N–H and O–H groups in total. The van der Waals surface area contributed by atoms with E-state index in [1.165, 1.54) is 6.42 Å². The molecular formula is C23H27N5O2. The second-order valence-corrected chi connectivity index (χ2v) is 8.05. The third-order valence-electron chi connectivity index (χ3n) is 6.23. The smallest absolute Gasteiger partial charge is 0.320 e. The Morgan fingerprint density at radius 3 is 2.87 bits per heavy atom. The summed E-state index contributed by atoms with van der Waals surface area (Å²) in [6.07, 6.45) is 5.04. The van der Waals surface area contributed by atoms with Crippen LogP contribution in [0, 0.1) is 0 Å². The van der Waals surface area contributed by atoms with Gasteiger partial charge in [0.25, 0.3) is 0 Å². The lowest BCUT2D eigenvalue weighted by atomic mass is 10.0. The molecule has 2 aromatic heterocycles. The Morgan fingerprint density at radius 1 is 1.13 bits per heavy atom. The Labute approximate surface area is 176 Å². The van der Waals surface area contributed by atoms with Crippen LogP contribution in [-0.2, 0) is 13.0 Å². The second kappa shape index (κ2) is 8.07. The number of ether oxygens (including phenoxy) is 2. The van der Waals surface area contributed by atoms with E-state index in [9.17, 15) is 0 Å². The lowest BCUT2D eigenvalue weighted by Gasteiger charge is -2.31. The molecule has 0 radical (unpaired) electrons. The van der Waals surface area contributed by atoms with E-state index in [2.05, 4.69) is 51.1 Å². The standard InChI is InChI=1S/C23H27N5O2/c1-27-12-5-8-17(27)15-30-23-25-19-14-28(13-10-18(19)22(26-23)29-2)20-9-3-6-16-7-4-11-24-21(16)20/h3-4,6-7,9,11,17H,5,8,10,12-15H2,1-2H3/t17-/m0/s1. The fourth-order valence-corrected chi connectivity index (χ4v) is 4.52. The van der Waals surface area contributed by atoms with E-state index < -0.39 is 0 Å². The monoisotopic (exact) mass is 405 g/mol. The number of hydrogen-bond acceptors (Lipinski definition) is 7. The van der Waals surface area contributed by atoms with E-state index in [0.29, 0.717) is 31.1 Å². The number of likely N-dealkylation sites (N-methyl/N-ethyl adjacent to an activating group) is 1. The highest BCUT2D eigenvalue weighted by atomic mass is 16.5. The lowest BCUT2D eigenvalue weighted by molar-refractivity contribution is 0.185. The molecule has 3 aromatic rings. The van der Waals surface area contributed by atoms with Gasteiger partial charge in [-0.25, -0.2) is 0 Å². The fourth-order valence-electron chi connectivity index (χ4n) is 4.52. The van der Waals surface area contributed by atoms with Crippen molar-refractivity contribution in [2.24, 2.45) is 0 Å². The maximum Gasteiger partial charge on any atom is 0.320 e. The van der Waals surface area contributed by atoms with Gasteiger partial charge in [-0.15, -0.1) is 0 Å². The van der Waals surface area contributed by atoms with Gasteiger partial charge in [-0.3, -0.25) is 4.98 Å². The normalized spacial score (nSPS) is 19.1. The van der Waals surface area contributed by atoms with Crippen LogP contribution in [-0.4, -0.2) is 59.7 Å². The number of pyridine rings is 1. The number of benzene rings is 1. The Hall–Kier alpha value is -2.93. The summed E-state index contributed by atoms with van der Waals surface area (Å²) in [7, 11) is 3.81. The predicted molar refractivity (Wildman–Crippen MR) is 116 cm³/mol. The number of anilines is 1.